The zero-order valence-electron chi connectivity index (χ0n) is 13.8. The molecule has 0 aromatic heterocycles. The molecule has 0 saturated carbocycles. The van der Waals surface area contributed by atoms with Crippen molar-refractivity contribution in [2.75, 3.05) is 13.2 Å². The molecule has 0 aliphatic carbocycles. The van der Waals surface area contributed by atoms with Crippen LogP contribution in [0.4, 0.5) is 0 Å². The summed E-state index contributed by atoms with van der Waals surface area (Å²) in [6.45, 7) is 1.01. The van der Waals surface area contributed by atoms with Crippen LogP contribution in [0.3, 0.4) is 0 Å². The van der Waals surface area contributed by atoms with E-state index in [9.17, 15) is 0 Å². The van der Waals surface area contributed by atoms with E-state index in [0.29, 0.717) is 23.3 Å². The molecule has 2 atom stereocenters. The molecule has 6 nitrogen and oxygen atoms in total. The van der Waals surface area contributed by atoms with Crippen LogP contribution in [0.15, 0.2) is 58.5 Å². The Bertz CT molecular complexity index is 772. The highest BCUT2D eigenvalue weighted by Gasteiger charge is 2.19. The molecule has 2 heterocycles. The maximum atomic E-state index is 5.84. The summed E-state index contributed by atoms with van der Waals surface area (Å²) in [5.74, 6) is 0. The highest BCUT2D eigenvalue weighted by atomic mass is 35.5. The lowest BCUT2D eigenvalue weighted by atomic mass is 10.1. The number of amidine groups is 2. The van der Waals surface area contributed by atoms with Gasteiger partial charge in [-0.1, -0.05) is 47.5 Å². The van der Waals surface area contributed by atoms with Gasteiger partial charge in [-0.05, 0) is 35.4 Å². The number of nitrogens with two attached hydrogens (primary N) is 2. The number of hydrogen-bond acceptors (Lipinski definition) is 6. The lowest BCUT2D eigenvalue weighted by Gasteiger charge is -2.04. The predicted octanol–water partition coefficient (Wildman–Crippen LogP) is 3.45. The Labute approximate surface area is 161 Å². The molecule has 4 rings (SSSR count). The summed E-state index contributed by atoms with van der Waals surface area (Å²) < 4.78 is 10.1. The summed E-state index contributed by atoms with van der Waals surface area (Å²) in [6, 6.07) is 15.6. The Hall–Kier alpha value is -2.44. The Kier molecular flexibility index (Phi) is 5.85. The van der Waals surface area contributed by atoms with Crippen LogP contribution >= 0.6 is 23.2 Å². The molecular weight excluding hydrogens is 375 g/mol. The molecule has 0 amide bonds. The van der Waals surface area contributed by atoms with Crippen LogP contribution in [-0.4, -0.2) is 25.3 Å². The average molecular weight is 393 g/mol. The number of ether oxygens (including phenoxy) is 2. The highest BCUT2D eigenvalue weighted by Crippen LogP contribution is 2.25. The fourth-order valence-corrected chi connectivity index (χ4v) is 2.95. The second-order valence-corrected chi connectivity index (χ2v) is 6.57. The van der Waals surface area contributed by atoms with Gasteiger partial charge in [-0.25, -0.2) is 9.98 Å². The Morgan fingerprint density at radius 1 is 0.769 bits per heavy atom. The van der Waals surface area contributed by atoms with Crippen LogP contribution in [-0.2, 0) is 9.47 Å². The SMILES string of the molecule is NC1=N[C@@H](c2cccc(Cl)c2)CO1.NC1=N[C@H](c2cccc(Cl)c2)CO1. The van der Waals surface area contributed by atoms with Crippen LogP contribution < -0.4 is 11.5 Å². The minimum Gasteiger partial charge on any atom is -0.463 e. The summed E-state index contributed by atoms with van der Waals surface area (Å²) in [4.78, 5) is 8.23. The molecule has 0 fully saturated rings. The molecule has 0 unspecified atom stereocenters. The highest BCUT2D eigenvalue weighted by molar-refractivity contribution is 6.30. The van der Waals surface area contributed by atoms with E-state index in [1.54, 1.807) is 0 Å². The van der Waals surface area contributed by atoms with E-state index in [1.165, 1.54) is 0 Å². The van der Waals surface area contributed by atoms with E-state index < -0.39 is 0 Å². The zero-order chi connectivity index (χ0) is 18.5. The number of hydrogen-bond donors (Lipinski definition) is 2. The van der Waals surface area contributed by atoms with E-state index in [-0.39, 0.29) is 24.1 Å². The maximum Gasteiger partial charge on any atom is 0.282 e. The van der Waals surface area contributed by atoms with Crippen LogP contribution in [0.1, 0.15) is 23.2 Å². The van der Waals surface area contributed by atoms with Gasteiger partial charge in [0.2, 0.25) is 0 Å². The summed E-state index contributed by atoms with van der Waals surface area (Å²) in [5, 5.41) is 1.41. The monoisotopic (exact) mass is 392 g/mol. The van der Waals surface area contributed by atoms with Gasteiger partial charge in [-0.15, -0.1) is 0 Å². The first-order valence-electron chi connectivity index (χ1n) is 7.94. The van der Waals surface area contributed by atoms with Gasteiger partial charge >= 0.3 is 0 Å². The molecule has 2 aromatic rings. The molecule has 136 valence electrons. The summed E-state index contributed by atoms with van der Waals surface area (Å²) in [5.41, 5.74) is 12.9. The minimum absolute atomic E-state index is 0.00120. The normalized spacial score (nSPS) is 21.0. The van der Waals surface area contributed by atoms with Crippen molar-refractivity contribution in [3.8, 4) is 0 Å². The average Bonchev–Trinajstić information content (AvgIpc) is 3.24. The van der Waals surface area contributed by atoms with Gasteiger partial charge in [0.05, 0.1) is 0 Å². The molecule has 0 radical (unpaired) electrons. The third-order valence-corrected chi connectivity index (χ3v) is 4.28. The molecule has 0 bridgehead atoms. The first-order chi connectivity index (χ1) is 12.5. The lowest BCUT2D eigenvalue weighted by molar-refractivity contribution is 0.315. The van der Waals surface area contributed by atoms with Crippen molar-refractivity contribution in [3.05, 3.63) is 69.7 Å². The summed E-state index contributed by atoms with van der Waals surface area (Å²) >= 11 is 11.7. The molecule has 0 saturated heterocycles. The second-order valence-electron chi connectivity index (χ2n) is 5.70. The lowest BCUT2D eigenvalue weighted by Crippen LogP contribution is -2.10. The Balaban J connectivity index is 0.000000151. The standard InChI is InChI=1S/2C9H9ClN2O/c2*10-7-3-1-2-6(4-7)8-5-13-9(11)12-8/h2*1-4,8H,5H2,(H2,11,12)/t2*8-/m10/s1. The van der Waals surface area contributed by atoms with Crippen molar-refractivity contribution >= 4 is 35.2 Å². The third kappa shape index (κ3) is 4.80. The van der Waals surface area contributed by atoms with Crippen LogP contribution in [0.5, 0.6) is 0 Å². The van der Waals surface area contributed by atoms with Crippen molar-refractivity contribution in [3.63, 3.8) is 0 Å². The van der Waals surface area contributed by atoms with Crippen molar-refractivity contribution in [2.24, 2.45) is 21.5 Å². The molecule has 2 aliphatic heterocycles. The second kappa shape index (κ2) is 8.29. The van der Waals surface area contributed by atoms with Crippen molar-refractivity contribution < 1.29 is 9.47 Å². The van der Waals surface area contributed by atoms with Gasteiger partial charge in [0.15, 0.2) is 0 Å². The quantitative estimate of drug-likeness (QED) is 0.817. The van der Waals surface area contributed by atoms with Crippen molar-refractivity contribution in [1.82, 2.24) is 0 Å². The first-order valence-corrected chi connectivity index (χ1v) is 8.70. The van der Waals surface area contributed by atoms with Gasteiger partial charge in [0.25, 0.3) is 12.0 Å². The predicted molar refractivity (Wildman–Crippen MR) is 104 cm³/mol. The van der Waals surface area contributed by atoms with Gasteiger partial charge in [-0.3, -0.25) is 0 Å². The molecule has 0 spiro atoms. The Morgan fingerprint density at radius 3 is 1.50 bits per heavy atom. The van der Waals surface area contributed by atoms with Gasteiger partial charge in [0, 0.05) is 10.0 Å². The van der Waals surface area contributed by atoms with E-state index in [0.717, 1.165) is 11.1 Å². The van der Waals surface area contributed by atoms with E-state index in [1.807, 2.05) is 48.5 Å². The molecule has 4 N–H and O–H groups in total. The number of rotatable bonds is 2. The summed E-state index contributed by atoms with van der Waals surface area (Å²) in [6.07, 6.45) is 0. The fourth-order valence-electron chi connectivity index (χ4n) is 2.55. The van der Waals surface area contributed by atoms with Crippen LogP contribution in [0.2, 0.25) is 10.0 Å². The summed E-state index contributed by atoms with van der Waals surface area (Å²) in [7, 11) is 0. The molecule has 8 heteroatoms. The van der Waals surface area contributed by atoms with E-state index in [4.69, 9.17) is 44.1 Å². The largest absolute Gasteiger partial charge is 0.463 e. The van der Waals surface area contributed by atoms with E-state index in [2.05, 4.69) is 9.98 Å². The van der Waals surface area contributed by atoms with Gasteiger partial charge in [-0.2, -0.15) is 0 Å². The third-order valence-electron chi connectivity index (χ3n) is 3.81. The number of halogens is 2. The van der Waals surface area contributed by atoms with Gasteiger partial charge < -0.3 is 20.9 Å². The number of benzene rings is 2. The number of aliphatic imine (C=N–C) groups is 2. The minimum atomic E-state index is -0.00120. The Morgan fingerprint density at radius 2 is 1.19 bits per heavy atom. The molecule has 26 heavy (non-hydrogen) atoms. The topological polar surface area (TPSA) is 95.2 Å². The van der Waals surface area contributed by atoms with Gasteiger partial charge in [0.1, 0.15) is 25.3 Å². The number of nitrogens with zero attached hydrogens (tertiary/aromatic N) is 2. The van der Waals surface area contributed by atoms with Crippen molar-refractivity contribution in [2.45, 2.75) is 12.1 Å². The molecule has 2 aliphatic rings. The molecular formula is C18H18Cl2N4O2. The van der Waals surface area contributed by atoms with E-state index >= 15 is 0 Å². The van der Waals surface area contributed by atoms with Crippen molar-refractivity contribution in [1.29, 1.82) is 0 Å². The zero-order valence-corrected chi connectivity index (χ0v) is 15.3. The molecule has 2 aromatic carbocycles. The van der Waals surface area contributed by atoms with Crippen LogP contribution in [0, 0.1) is 0 Å². The van der Waals surface area contributed by atoms with Crippen LogP contribution in [0.25, 0.3) is 0 Å². The fraction of sp³-hybridized carbons (Fsp3) is 0.222. The maximum absolute atomic E-state index is 5.84. The first kappa shape index (κ1) is 18.4. The smallest absolute Gasteiger partial charge is 0.282 e.